The van der Waals surface area contributed by atoms with Crippen LogP contribution in [-0.2, 0) is 0 Å². The average molecular weight is 424 g/mol. The second-order valence-electron chi connectivity index (χ2n) is 7.29. The van der Waals surface area contributed by atoms with E-state index in [-0.39, 0.29) is 5.91 Å². The molecule has 0 radical (unpaired) electrons. The van der Waals surface area contributed by atoms with Crippen molar-refractivity contribution in [1.29, 1.82) is 0 Å². The minimum atomic E-state index is -0.0999. The monoisotopic (exact) mass is 423 g/mol. The number of hydrogen-bond acceptors (Lipinski definition) is 6. The van der Waals surface area contributed by atoms with E-state index in [9.17, 15) is 4.79 Å². The van der Waals surface area contributed by atoms with Gasteiger partial charge in [0.1, 0.15) is 17.1 Å². The Kier molecular flexibility index (Phi) is 5.69. The molecule has 1 aromatic carbocycles. The molecule has 0 aliphatic rings. The van der Waals surface area contributed by atoms with Gasteiger partial charge in [-0.2, -0.15) is 0 Å². The third-order valence-electron chi connectivity index (χ3n) is 4.81. The molecule has 1 amide bonds. The number of hydrogen-bond donors (Lipinski definition) is 0. The summed E-state index contributed by atoms with van der Waals surface area (Å²) in [5.41, 5.74) is 2.90. The molecule has 0 unspecified atom stereocenters. The number of aryl methyl sites for hydroxylation is 1. The first-order valence-electron chi connectivity index (χ1n) is 9.91. The topological polar surface area (TPSA) is 63.0 Å². The first-order valence-corrected chi connectivity index (χ1v) is 10.7. The summed E-state index contributed by atoms with van der Waals surface area (Å²) >= 11 is 1.50. The van der Waals surface area contributed by atoms with E-state index in [1.165, 1.54) is 11.3 Å². The van der Waals surface area contributed by atoms with Gasteiger partial charge in [0, 0.05) is 19.3 Å². The largest absolute Gasteiger partial charge is 0.494 e. The summed E-state index contributed by atoms with van der Waals surface area (Å²) in [6.07, 6.45) is 1.87. The number of carbonyl (C=O) groups excluding carboxylic acids is 1. The highest BCUT2D eigenvalue weighted by atomic mass is 32.1. The molecule has 156 valence electrons. The molecule has 30 heavy (non-hydrogen) atoms. The predicted molar refractivity (Wildman–Crippen MR) is 121 cm³/mol. The minimum Gasteiger partial charge on any atom is -0.494 e. The molecule has 0 saturated heterocycles. The normalized spacial score (nSPS) is 11.5. The van der Waals surface area contributed by atoms with Gasteiger partial charge in [-0.1, -0.05) is 17.4 Å². The quantitative estimate of drug-likeness (QED) is 0.452. The van der Waals surface area contributed by atoms with Crippen LogP contribution in [0.25, 0.3) is 15.9 Å². The minimum absolute atomic E-state index is 0.0999. The van der Waals surface area contributed by atoms with Crippen LogP contribution in [0.15, 0.2) is 42.6 Å². The van der Waals surface area contributed by atoms with Gasteiger partial charge in [0.2, 0.25) is 0 Å². The molecule has 4 rings (SSSR count). The summed E-state index contributed by atoms with van der Waals surface area (Å²) in [4.78, 5) is 26.8. The van der Waals surface area contributed by atoms with Gasteiger partial charge in [0.25, 0.3) is 5.91 Å². The first-order chi connectivity index (χ1) is 14.5. The van der Waals surface area contributed by atoms with Crippen LogP contribution in [-0.4, -0.2) is 59.0 Å². The lowest BCUT2D eigenvalue weighted by atomic mass is 10.3. The fourth-order valence-electron chi connectivity index (χ4n) is 3.35. The van der Waals surface area contributed by atoms with Crippen molar-refractivity contribution in [3.05, 3.63) is 54.0 Å². The van der Waals surface area contributed by atoms with Gasteiger partial charge in [-0.25, -0.2) is 9.97 Å². The van der Waals surface area contributed by atoms with Crippen molar-refractivity contribution < 1.29 is 9.53 Å². The Morgan fingerprint density at radius 1 is 1.17 bits per heavy atom. The van der Waals surface area contributed by atoms with Gasteiger partial charge in [-0.3, -0.25) is 14.1 Å². The number of pyridine rings is 1. The van der Waals surface area contributed by atoms with Gasteiger partial charge < -0.3 is 9.64 Å². The Hall–Kier alpha value is -2.97. The fraction of sp³-hybridized carbons (Fsp3) is 0.318. The number of anilines is 1. The number of benzene rings is 1. The summed E-state index contributed by atoms with van der Waals surface area (Å²) in [5.74, 6) is 0.709. The summed E-state index contributed by atoms with van der Waals surface area (Å²) < 4.78 is 8.46. The van der Waals surface area contributed by atoms with Crippen LogP contribution in [0.4, 0.5) is 5.13 Å². The molecular weight excluding hydrogens is 398 g/mol. The molecule has 0 N–H and O–H groups in total. The van der Waals surface area contributed by atoms with Crippen LogP contribution in [0, 0.1) is 6.92 Å². The smallest absolute Gasteiger partial charge is 0.279 e. The van der Waals surface area contributed by atoms with E-state index in [0.29, 0.717) is 29.7 Å². The molecule has 0 fully saturated rings. The Bertz CT molecular complexity index is 1200. The van der Waals surface area contributed by atoms with Crippen LogP contribution >= 0.6 is 11.3 Å². The number of nitrogens with zero attached hydrogens (tertiary/aromatic N) is 5. The molecule has 0 aliphatic heterocycles. The number of rotatable bonds is 7. The number of imidazole rings is 1. The lowest BCUT2D eigenvalue weighted by Crippen LogP contribution is -2.37. The Morgan fingerprint density at radius 2 is 2.00 bits per heavy atom. The van der Waals surface area contributed by atoms with Gasteiger partial charge in [-0.05, 0) is 58.3 Å². The van der Waals surface area contributed by atoms with E-state index < -0.39 is 0 Å². The fourth-order valence-corrected chi connectivity index (χ4v) is 4.37. The predicted octanol–water partition coefficient (Wildman–Crippen LogP) is 3.86. The van der Waals surface area contributed by atoms with E-state index >= 15 is 0 Å². The molecular formula is C22H25N5O2S. The number of ether oxygens (including phenoxy) is 1. The SMILES string of the molecule is CCOc1ccc2nc(N(CCN(C)C)C(=O)c3c(C)nc4ccccn34)sc2c1. The zero-order valence-corrected chi connectivity index (χ0v) is 18.4. The molecule has 0 aliphatic carbocycles. The van der Waals surface area contributed by atoms with E-state index in [4.69, 9.17) is 9.72 Å². The maximum Gasteiger partial charge on any atom is 0.279 e. The van der Waals surface area contributed by atoms with Gasteiger partial charge in [-0.15, -0.1) is 0 Å². The number of carbonyl (C=O) groups is 1. The lowest BCUT2D eigenvalue weighted by Gasteiger charge is -2.22. The number of thiazole rings is 1. The van der Waals surface area contributed by atoms with Crippen LogP contribution < -0.4 is 9.64 Å². The molecule has 8 heteroatoms. The number of amides is 1. The van der Waals surface area contributed by atoms with E-state index in [1.807, 2.05) is 74.9 Å². The zero-order chi connectivity index (χ0) is 21.3. The molecule has 3 heterocycles. The summed E-state index contributed by atoms with van der Waals surface area (Å²) in [7, 11) is 3.99. The van der Waals surface area contributed by atoms with Crippen molar-refractivity contribution in [1.82, 2.24) is 19.3 Å². The molecule has 0 bridgehead atoms. The van der Waals surface area contributed by atoms with E-state index in [2.05, 4.69) is 9.88 Å². The maximum atomic E-state index is 13.7. The van der Waals surface area contributed by atoms with Crippen LogP contribution in [0.1, 0.15) is 23.1 Å². The molecule has 0 saturated carbocycles. The maximum absolute atomic E-state index is 13.7. The van der Waals surface area contributed by atoms with E-state index in [1.54, 1.807) is 4.90 Å². The van der Waals surface area contributed by atoms with Crippen LogP contribution in [0.2, 0.25) is 0 Å². The number of fused-ring (bicyclic) bond motifs is 2. The lowest BCUT2D eigenvalue weighted by molar-refractivity contribution is 0.0979. The Balaban J connectivity index is 1.77. The number of likely N-dealkylation sites (N-methyl/N-ethyl adjacent to an activating group) is 1. The molecule has 7 nitrogen and oxygen atoms in total. The van der Waals surface area contributed by atoms with Crippen molar-refractivity contribution in [2.24, 2.45) is 0 Å². The third-order valence-corrected chi connectivity index (χ3v) is 5.85. The van der Waals surface area contributed by atoms with Crippen molar-refractivity contribution in [3.63, 3.8) is 0 Å². The van der Waals surface area contributed by atoms with Crippen LogP contribution in [0.3, 0.4) is 0 Å². The third kappa shape index (κ3) is 3.88. The average Bonchev–Trinajstić information content (AvgIpc) is 3.27. The molecule has 0 atom stereocenters. The van der Waals surface area contributed by atoms with Crippen molar-refractivity contribution in [2.45, 2.75) is 13.8 Å². The summed E-state index contributed by atoms with van der Waals surface area (Å²) in [6.45, 7) is 5.70. The van der Waals surface area contributed by atoms with Crippen molar-refractivity contribution >= 4 is 38.2 Å². The standard InChI is InChI=1S/C22H25N5O2S/c1-5-29-16-9-10-17-18(14-16)30-22(24-17)27(13-12-25(3)4)21(28)20-15(2)23-19-8-6-7-11-26(19)20/h6-11,14H,5,12-13H2,1-4H3. The Morgan fingerprint density at radius 3 is 2.77 bits per heavy atom. The summed E-state index contributed by atoms with van der Waals surface area (Å²) in [6, 6.07) is 11.6. The highest BCUT2D eigenvalue weighted by Gasteiger charge is 2.26. The highest BCUT2D eigenvalue weighted by molar-refractivity contribution is 7.22. The first kappa shape index (κ1) is 20.3. The van der Waals surface area contributed by atoms with E-state index in [0.717, 1.165) is 28.2 Å². The number of aromatic nitrogens is 3. The second-order valence-corrected chi connectivity index (χ2v) is 8.30. The molecule has 3 aromatic heterocycles. The summed E-state index contributed by atoms with van der Waals surface area (Å²) in [5, 5.41) is 0.677. The van der Waals surface area contributed by atoms with Crippen molar-refractivity contribution in [3.8, 4) is 5.75 Å². The zero-order valence-electron chi connectivity index (χ0n) is 17.6. The second kappa shape index (κ2) is 8.41. The van der Waals surface area contributed by atoms with Gasteiger partial charge in [0.15, 0.2) is 5.13 Å². The highest BCUT2D eigenvalue weighted by Crippen LogP contribution is 2.32. The van der Waals surface area contributed by atoms with Crippen molar-refractivity contribution in [2.75, 3.05) is 38.7 Å². The Labute approximate surface area is 179 Å². The van der Waals surface area contributed by atoms with Crippen LogP contribution in [0.5, 0.6) is 5.75 Å². The molecule has 0 spiro atoms. The van der Waals surface area contributed by atoms with Gasteiger partial charge >= 0.3 is 0 Å². The van der Waals surface area contributed by atoms with Gasteiger partial charge in [0.05, 0.1) is 22.5 Å². The molecule has 4 aromatic rings.